The average Bonchev–Trinajstić information content (AvgIpc) is 3.50. The summed E-state index contributed by atoms with van der Waals surface area (Å²) < 4.78 is 5.57. The van der Waals surface area contributed by atoms with E-state index in [9.17, 15) is 4.79 Å². The molecule has 2 aromatic rings. The fourth-order valence-electron chi connectivity index (χ4n) is 3.09. The van der Waals surface area contributed by atoms with Crippen molar-refractivity contribution in [2.24, 2.45) is 4.99 Å². The van der Waals surface area contributed by atoms with E-state index in [-0.39, 0.29) is 10.7 Å². The van der Waals surface area contributed by atoms with Crippen molar-refractivity contribution in [3.8, 4) is 5.75 Å². The van der Waals surface area contributed by atoms with Gasteiger partial charge in [0, 0.05) is 29.7 Å². The minimum atomic E-state index is -0.130. The minimum Gasteiger partial charge on any atom is -0.495 e. The van der Waals surface area contributed by atoms with Crippen molar-refractivity contribution in [2.45, 2.75) is 42.9 Å². The van der Waals surface area contributed by atoms with E-state index < -0.39 is 0 Å². The Morgan fingerprint density at radius 2 is 1.93 bits per heavy atom. The van der Waals surface area contributed by atoms with E-state index in [1.165, 1.54) is 24.7 Å². The third-order valence-electron chi connectivity index (χ3n) is 4.80. The summed E-state index contributed by atoms with van der Waals surface area (Å²) in [4.78, 5) is 17.5. The summed E-state index contributed by atoms with van der Waals surface area (Å²) in [5, 5.41) is 9.64. The Morgan fingerprint density at radius 1 is 1.17 bits per heavy atom. The Bertz CT molecular complexity index is 882. The smallest absolute Gasteiger partial charge is 0.221 e. The molecule has 0 unspecified atom stereocenters. The number of hydrogen-bond donors (Lipinski definition) is 3. The second-order valence-corrected chi connectivity index (χ2v) is 8.90. The molecule has 0 atom stereocenters. The molecule has 1 aliphatic rings. The standard InChI is InChI=1S/C23H30N4O2S/c1-4-24-22(26-16-23(12-13-23)30-19-8-6-5-7-9-19)25-15-18-10-11-21(29-3)20(14-18)27-17(2)28/h5-11,14H,4,12-13,15-16H2,1-3H3,(H,27,28)(H2,24,25,26). The number of methoxy groups -OCH3 is 1. The number of nitrogens with one attached hydrogen (secondary N) is 3. The largest absolute Gasteiger partial charge is 0.495 e. The van der Waals surface area contributed by atoms with Crippen molar-refractivity contribution in [1.29, 1.82) is 0 Å². The quantitative estimate of drug-likeness (QED) is 0.417. The Morgan fingerprint density at radius 3 is 2.57 bits per heavy atom. The summed E-state index contributed by atoms with van der Waals surface area (Å²) in [7, 11) is 1.59. The Labute approximate surface area is 182 Å². The SMILES string of the molecule is CCNC(=NCc1ccc(OC)c(NC(C)=O)c1)NCC1(Sc2ccccc2)CC1. The molecular formula is C23H30N4O2S. The molecule has 1 amide bonds. The zero-order valence-electron chi connectivity index (χ0n) is 17.8. The molecule has 1 aliphatic carbocycles. The predicted octanol–water partition coefficient (Wildman–Crippen LogP) is 4.03. The molecule has 160 valence electrons. The summed E-state index contributed by atoms with van der Waals surface area (Å²) in [5.74, 6) is 1.31. The molecule has 0 radical (unpaired) electrons. The highest BCUT2D eigenvalue weighted by Gasteiger charge is 2.43. The minimum absolute atomic E-state index is 0.130. The second-order valence-electron chi connectivity index (χ2n) is 7.36. The van der Waals surface area contributed by atoms with Gasteiger partial charge in [0.15, 0.2) is 5.96 Å². The van der Waals surface area contributed by atoms with Crippen molar-refractivity contribution < 1.29 is 9.53 Å². The van der Waals surface area contributed by atoms with Gasteiger partial charge >= 0.3 is 0 Å². The van der Waals surface area contributed by atoms with Gasteiger partial charge in [0.05, 0.1) is 19.3 Å². The number of guanidine groups is 1. The Hall–Kier alpha value is -2.67. The van der Waals surface area contributed by atoms with Crippen LogP contribution in [0, 0.1) is 0 Å². The highest BCUT2D eigenvalue weighted by atomic mass is 32.2. The number of anilines is 1. The van der Waals surface area contributed by atoms with E-state index in [1.807, 2.05) is 36.0 Å². The number of carbonyl (C=O) groups excluding carboxylic acids is 1. The van der Waals surface area contributed by atoms with E-state index in [0.717, 1.165) is 24.6 Å². The topological polar surface area (TPSA) is 74.8 Å². The lowest BCUT2D eigenvalue weighted by Gasteiger charge is -2.18. The van der Waals surface area contributed by atoms with Crippen molar-refractivity contribution in [2.75, 3.05) is 25.5 Å². The van der Waals surface area contributed by atoms with Crippen LogP contribution in [0.2, 0.25) is 0 Å². The molecule has 2 aromatic carbocycles. The molecule has 30 heavy (non-hydrogen) atoms. The lowest BCUT2D eigenvalue weighted by atomic mass is 10.2. The maximum Gasteiger partial charge on any atom is 0.221 e. The molecule has 3 rings (SSSR count). The second kappa shape index (κ2) is 10.4. The van der Waals surface area contributed by atoms with Gasteiger partial charge in [0.1, 0.15) is 5.75 Å². The first-order chi connectivity index (χ1) is 14.5. The number of benzene rings is 2. The predicted molar refractivity (Wildman–Crippen MR) is 124 cm³/mol. The molecule has 1 saturated carbocycles. The summed E-state index contributed by atoms with van der Waals surface area (Å²) in [5.41, 5.74) is 1.66. The fraction of sp³-hybridized carbons (Fsp3) is 0.391. The van der Waals surface area contributed by atoms with Crippen LogP contribution in [0.5, 0.6) is 5.75 Å². The first-order valence-corrected chi connectivity index (χ1v) is 11.1. The van der Waals surface area contributed by atoms with Gasteiger partial charge in [-0.1, -0.05) is 24.3 Å². The molecule has 3 N–H and O–H groups in total. The lowest BCUT2D eigenvalue weighted by Crippen LogP contribution is -2.41. The van der Waals surface area contributed by atoms with E-state index >= 15 is 0 Å². The number of amides is 1. The molecule has 0 aliphatic heterocycles. The molecule has 1 fully saturated rings. The van der Waals surface area contributed by atoms with E-state index in [4.69, 9.17) is 9.73 Å². The monoisotopic (exact) mass is 426 g/mol. The normalized spacial score (nSPS) is 14.7. The lowest BCUT2D eigenvalue weighted by molar-refractivity contribution is -0.114. The highest BCUT2D eigenvalue weighted by Crippen LogP contribution is 2.51. The number of nitrogens with zero attached hydrogens (tertiary/aromatic N) is 1. The maximum atomic E-state index is 11.4. The number of ether oxygens (including phenoxy) is 1. The highest BCUT2D eigenvalue weighted by molar-refractivity contribution is 8.01. The number of carbonyl (C=O) groups is 1. The zero-order chi connectivity index (χ0) is 21.4. The molecule has 0 heterocycles. The van der Waals surface area contributed by atoms with E-state index in [1.54, 1.807) is 7.11 Å². The van der Waals surface area contributed by atoms with Gasteiger partial charge < -0.3 is 20.7 Å². The van der Waals surface area contributed by atoms with Crippen LogP contribution in [0.25, 0.3) is 0 Å². The van der Waals surface area contributed by atoms with Crippen LogP contribution in [-0.4, -0.2) is 36.8 Å². The van der Waals surface area contributed by atoms with Crippen LogP contribution in [-0.2, 0) is 11.3 Å². The third kappa shape index (κ3) is 6.42. The molecule has 7 heteroatoms. The molecule has 0 saturated heterocycles. The average molecular weight is 427 g/mol. The molecular weight excluding hydrogens is 396 g/mol. The molecule has 0 aromatic heterocycles. The van der Waals surface area contributed by atoms with Crippen LogP contribution in [0.1, 0.15) is 32.3 Å². The van der Waals surface area contributed by atoms with Gasteiger partial charge in [-0.05, 0) is 49.6 Å². The van der Waals surface area contributed by atoms with Crippen LogP contribution >= 0.6 is 11.8 Å². The molecule has 0 spiro atoms. The molecule has 0 bridgehead atoms. The van der Waals surface area contributed by atoms with Gasteiger partial charge in [-0.25, -0.2) is 4.99 Å². The van der Waals surface area contributed by atoms with Gasteiger partial charge in [-0.2, -0.15) is 0 Å². The number of aliphatic imine (C=N–C) groups is 1. The summed E-state index contributed by atoms with van der Waals surface area (Å²) in [6.45, 7) is 5.72. The number of hydrogen-bond acceptors (Lipinski definition) is 4. The van der Waals surface area contributed by atoms with Crippen LogP contribution in [0.4, 0.5) is 5.69 Å². The van der Waals surface area contributed by atoms with E-state index in [2.05, 4.69) is 47.1 Å². The van der Waals surface area contributed by atoms with Crippen molar-refractivity contribution >= 4 is 29.3 Å². The summed E-state index contributed by atoms with van der Waals surface area (Å²) >= 11 is 1.94. The first kappa shape index (κ1) is 22.0. The summed E-state index contributed by atoms with van der Waals surface area (Å²) in [6, 6.07) is 16.3. The van der Waals surface area contributed by atoms with E-state index in [0.29, 0.717) is 18.0 Å². The van der Waals surface area contributed by atoms with Crippen molar-refractivity contribution in [3.05, 3.63) is 54.1 Å². The first-order valence-electron chi connectivity index (χ1n) is 10.2. The van der Waals surface area contributed by atoms with Gasteiger partial charge in [0.2, 0.25) is 5.91 Å². The van der Waals surface area contributed by atoms with Crippen LogP contribution in [0.15, 0.2) is 58.4 Å². The van der Waals surface area contributed by atoms with Crippen molar-refractivity contribution in [1.82, 2.24) is 10.6 Å². The fourth-order valence-corrected chi connectivity index (χ4v) is 4.33. The number of thioether (sulfide) groups is 1. The zero-order valence-corrected chi connectivity index (χ0v) is 18.6. The Balaban J connectivity index is 1.62. The number of rotatable bonds is 9. The third-order valence-corrected chi connectivity index (χ3v) is 6.30. The van der Waals surface area contributed by atoms with Gasteiger partial charge in [0.25, 0.3) is 0 Å². The maximum absolute atomic E-state index is 11.4. The van der Waals surface area contributed by atoms with Crippen LogP contribution < -0.4 is 20.7 Å². The van der Waals surface area contributed by atoms with Crippen LogP contribution in [0.3, 0.4) is 0 Å². The Kier molecular flexibility index (Phi) is 7.63. The van der Waals surface area contributed by atoms with Crippen molar-refractivity contribution in [3.63, 3.8) is 0 Å². The van der Waals surface area contributed by atoms with Gasteiger partial charge in [-0.15, -0.1) is 11.8 Å². The summed E-state index contributed by atoms with van der Waals surface area (Å²) in [6.07, 6.45) is 2.41. The molecule has 6 nitrogen and oxygen atoms in total. The van der Waals surface area contributed by atoms with Gasteiger partial charge in [-0.3, -0.25) is 4.79 Å².